The molecule has 3 heteroatoms. The number of cyclic esters (lactones) is 1. The van der Waals surface area contributed by atoms with E-state index in [2.05, 4.69) is 29.2 Å². The molecule has 0 amide bonds. The molecule has 1 aliphatic heterocycles. The molecule has 0 aliphatic carbocycles. The summed E-state index contributed by atoms with van der Waals surface area (Å²) in [4.78, 5) is 11.1. The second kappa shape index (κ2) is 4.09. The molecular formula is C8H11IO2. The highest BCUT2D eigenvalue weighted by molar-refractivity contribution is 14.1. The summed E-state index contributed by atoms with van der Waals surface area (Å²) >= 11 is 2.23. The fraction of sp³-hybridized carbons (Fsp3) is 0.625. The molecule has 2 nitrogen and oxygen atoms in total. The van der Waals surface area contributed by atoms with Crippen molar-refractivity contribution in [3.05, 3.63) is 12.7 Å². The Bertz CT molecular complexity index is 167. The van der Waals surface area contributed by atoms with Crippen molar-refractivity contribution < 1.29 is 9.53 Å². The van der Waals surface area contributed by atoms with Crippen LogP contribution in [0.4, 0.5) is 0 Å². The minimum absolute atomic E-state index is 0.0495. The van der Waals surface area contributed by atoms with Gasteiger partial charge in [0, 0.05) is 4.43 Å². The molecule has 0 aromatic carbocycles. The second-order valence-corrected chi connectivity index (χ2v) is 3.55. The van der Waals surface area contributed by atoms with Crippen LogP contribution in [0.1, 0.15) is 12.8 Å². The van der Waals surface area contributed by atoms with Crippen LogP contribution < -0.4 is 0 Å². The largest absolute Gasteiger partial charge is 0.461 e. The van der Waals surface area contributed by atoms with E-state index in [1.807, 2.05) is 0 Å². The maximum Gasteiger partial charge on any atom is 0.309 e. The van der Waals surface area contributed by atoms with Crippen LogP contribution in [0.3, 0.4) is 0 Å². The van der Waals surface area contributed by atoms with Crippen molar-refractivity contribution in [1.29, 1.82) is 0 Å². The monoisotopic (exact) mass is 266 g/mol. The number of hydrogen-bond acceptors (Lipinski definition) is 2. The number of hydrogen-bond donors (Lipinski definition) is 0. The van der Waals surface area contributed by atoms with Gasteiger partial charge < -0.3 is 4.74 Å². The van der Waals surface area contributed by atoms with Gasteiger partial charge in [0.1, 0.15) is 6.10 Å². The smallest absolute Gasteiger partial charge is 0.309 e. The van der Waals surface area contributed by atoms with Crippen molar-refractivity contribution in [2.45, 2.75) is 18.9 Å². The molecule has 0 N–H and O–H groups in total. The highest BCUT2D eigenvalue weighted by Gasteiger charge is 2.32. The molecule has 1 aliphatic rings. The average Bonchev–Trinajstić information content (AvgIpc) is 2.33. The van der Waals surface area contributed by atoms with Crippen LogP contribution in [0.25, 0.3) is 0 Å². The third kappa shape index (κ3) is 2.18. The highest BCUT2D eigenvalue weighted by atomic mass is 127. The fourth-order valence-corrected chi connectivity index (χ4v) is 1.75. The Hall–Kier alpha value is -0.0600. The van der Waals surface area contributed by atoms with E-state index in [0.29, 0.717) is 0 Å². The average molecular weight is 266 g/mol. The van der Waals surface area contributed by atoms with E-state index in [9.17, 15) is 4.79 Å². The quantitative estimate of drug-likeness (QED) is 0.337. The minimum Gasteiger partial charge on any atom is -0.461 e. The Balaban J connectivity index is 2.44. The zero-order chi connectivity index (χ0) is 8.27. The third-order valence-corrected chi connectivity index (χ3v) is 2.77. The number of ether oxygens (including phenoxy) is 1. The van der Waals surface area contributed by atoms with Gasteiger partial charge in [0.25, 0.3) is 0 Å². The molecule has 0 aromatic heterocycles. The Kier molecular flexibility index (Phi) is 3.36. The zero-order valence-electron chi connectivity index (χ0n) is 6.25. The molecule has 1 rings (SSSR count). The van der Waals surface area contributed by atoms with Crippen LogP contribution >= 0.6 is 22.6 Å². The lowest BCUT2D eigenvalue weighted by atomic mass is 10.0. The van der Waals surface area contributed by atoms with Crippen LogP contribution in [0.5, 0.6) is 0 Å². The molecule has 0 aromatic rings. The van der Waals surface area contributed by atoms with E-state index in [-0.39, 0.29) is 18.0 Å². The molecule has 1 fully saturated rings. The fourth-order valence-electron chi connectivity index (χ4n) is 1.21. The summed E-state index contributed by atoms with van der Waals surface area (Å²) in [6, 6.07) is 0. The molecule has 0 spiro atoms. The van der Waals surface area contributed by atoms with Crippen LogP contribution in [0, 0.1) is 5.92 Å². The molecule has 0 radical (unpaired) electrons. The number of rotatable bonds is 3. The van der Waals surface area contributed by atoms with Gasteiger partial charge in [0.05, 0.1) is 5.92 Å². The summed E-state index contributed by atoms with van der Waals surface area (Å²) in [5.41, 5.74) is 0. The Morgan fingerprint density at radius 1 is 1.82 bits per heavy atom. The van der Waals surface area contributed by atoms with E-state index in [4.69, 9.17) is 4.74 Å². The minimum atomic E-state index is -0.0495. The SMILES string of the molecule is C=CCC1CC(CI)OC1=O. The summed E-state index contributed by atoms with van der Waals surface area (Å²) in [6.45, 7) is 3.60. The van der Waals surface area contributed by atoms with Crippen molar-refractivity contribution in [2.75, 3.05) is 4.43 Å². The number of esters is 1. The van der Waals surface area contributed by atoms with Crippen molar-refractivity contribution in [3.8, 4) is 0 Å². The standard InChI is InChI=1S/C8H11IO2/c1-2-3-6-4-7(5-9)11-8(6)10/h2,6-7H,1,3-5H2. The molecule has 2 atom stereocenters. The van der Waals surface area contributed by atoms with Crippen molar-refractivity contribution in [3.63, 3.8) is 0 Å². The summed E-state index contributed by atoms with van der Waals surface area (Å²) < 4.78 is 5.98. The van der Waals surface area contributed by atoms with Gasteiger partial charge in [0.2, 0.25) is 0 Å². The van der Waals surface area contributed by atoms with Gasteiger partial charge in [-0.25, -0.2) is 0 Å². The number of carbonyl (C=O) groups excluding carboxylic acids is 1. The lowest BCUT2D eigenvalue weighted by Crippen LogP contribution is -2.07. The van der Waals surface area contributed by atoms with Gasteiger partial charge in [-0.05, 0) is 12.8 Å². The van der Waals surface area contributed by atoms with Crippen LogP contribution in [0.2, 0.25) is 0 Å². The molecule has 62 valence electrons. The molecule has 2 unspecified atom stereocenters. The molecule has 0 saturated carbocycles. The predicted octanol–water partition coefficient (Wildman–Crippen LogP) is 1.93. The van der Waals surface area contributed by atoms with E-state index in [0.717, 1.165) is 17.3 Å². The maximum atomic E-state index is 11.1. The summed E-state index contributed by atoms with van der Waals surface area (Å²) in [5.74, 6) is 0.0267. The summed E-state index contributed by atoms with van der Waals surface area (Å²) in [7, 11) is 0. The summed E-state index contributed by atoms with van der Waals surface area (Å²) in [5, 5.41) is 0. The first-order chi connectivity index (χ1) is 5.27. The normalized spacial score (nSPS) is 30.1. The van der Waals surface area contributed by atoms with Gasteiger partial charge in [-0.15, -0.1) is 6.58 Å². The first-order valence-electron chi connectivity index (χ1n) is 3.65. The Labute approximate surface area is 80.1 Å². The van der Waals surface area contributed by atoms with Gasteiger partial charge in [-0.2, -0.15) is 0 Å². The molecule has 1 heterocycles. The number of halogens is 1. The predicted molar refractivity (Wildman–Crippen MR) is 51.7 cm³/mol. The van der Waals surface area contributed by atoms with Crippen molar-refractivity contribution in [1.82, 2.24) is 0 Å². The van der Waals surface area contributed by atoms with Crippen LogP contribution in [0.15, 0.2) is 12.7 Å². The molecule has 1 saturated heterocycles. The molecular weight excluding hydrogens is 255 g/mol. The van der Waals surface area contributed by atoms with E-state index in [1.165, 1.54) is 0 Å². The van der Waals surface area contributed by atoms with E-state index in [1.54, 1.807) is 6.08 Å². The van der Waals surface area contributed by atoms with Crippen molar-refractivity contribution in [2.24, 2.45) is 5.92 Å². The molecule has 11 heavy (non-hydrogen) atoms. The first kappa shape index (κ1) is 9.03. The van der Waals surface area contributed by atoms with Crippen LogP contribution in [-0.2, 0) is 9.53 Å². The van der Waals surface area contributed by atoms with Gasteiger partial charge in [-0.3, -0.25) is 4.79 Å². The lowest BCUT2D eigenvalue weighted by molar-refractivity contribution is -0.143. The third-order valence-electron chi connectivity index (χ3n) is 1.79. The number of allylic oxidation sites excluding steroid dienone is 1. The maximum absolute atomic E-state index is 11.1. The first-order valence-corrected chi connectivity index (χ1v) is 5.17. The van der Waals surface area contributed by atoms with Gasteiger partial charge in [-0.1, -0.05) is 28.7 Å². The lowest BCUT2D eigenvalue weighted by Gasteiger charge is -2.00. The van der Waals surface area contributed by atoms with Crippen LogP contribution in [-0.4, -0.2) is 16.5 Å². The Morgan fingerprint density at radius 2 is 2.55 bits per heavy atom. The summed E-state index contributed by atoms with van der Waals surface area (Å²) in [6.07, 6.45) is 3.55. The Morgan fingerprint density at radius 3 is 3.00 bits per heavy atom. The highest BCUT2D eigenvalue weighted by Crippen LogP contribution is 2.25. The second-order valence-electron chi connectivity index (χ2n) is 2.67. The van der Waals surface area contributed by atoms with E-state index >= 15 is 0 Å². The topological polar surface area (TPSA) is 26.3 Å². The number of carbonyl (C=O) groups is 1. The molecule has 0 bridgehead atoms. The van der Waals surface area contributed by atoms with Crippen molar-refractivity contribution >= 4 is 28.6 Å². The van der Waals surface area contributed by atoms with E-state index < -0.39 is 0 Å². The van der Waals surface area contributed by atoms with Gasteiger partial charge >= 0.3 is 5.97 Å². The number of alkyl halides is 1. The zero-order valence-corrected chi connectivity index (χ0v) is 8.41. The van der Waals surface area contributed by atoms with Gasteiger partial charge in [0.15, 0.2) is 0 Å².